The first-order valence-electron chi connectivity index (χ1n) is 6.04. The van der Waals surface area contributed by atoms with E-state index in [2.05, 4.69) is 0 Å². The molecule has 0 N–H and O–H groups in total. The van der Waals surface area contributed by atoms with Crippen molar-refractivity contribution in [3.63, 3.8) is 0 Å². The van der Waals surface area contributed by atoms with E-state index in [4.69, 9.17) is 27.9 Å². The van der Waals surface area contributed by atoms with Crippen LogP contribution in [0.4, 0.5) is 0 Å². The van der Waals surface area contributed by atoms with Crippen molar-refractivity contribution >= 4 is 29.0 Å². The standard InChI is InChI=1S/C14H18Cl2O2/c1-4-7-18-12-8-9(2)14(16)10(3)13(12)11(17)5-6-15/h8H,4-7H2,1-3H3. The van der Waals surface area contributed by atoms with Crippen molar-refractivity contribution in [1.29, 1.82) is 0 Å². The molecule has 0 spiro atoms. The lowest BCUT2D eigenvalue weighted by molar-refractivity contribution is 0.0984. The topological polar surface area (TPSA) is 26.3 Å². The average molecular weight is 289 g/mol. The highest BCUT2D eigenvalue weighted by atomic mass is 35.5. The van der Waals surface area contributed by atoms with E-state index in [1.807, 2.05) is 26.8 Å². The summed E-state index contributed by atoms with van der Waals surface area (Å²) in [6.45, 7) is 6.36. The third-order valence-electron chi connectivity index (χ3n) is 2.71. The molecular formula is C14H18Cl2O2. The zero-order chi connectivity index (χ0) is 13.7. The number of ether oxygens (including phenoxy) is 1. The van der Waals surface area contributed by atoms with Crippen LogP contribution in [0.25, 0.3) is 0 Å². The van der Waals surface area contributed by atoms with Crippen molar-refractivity contribution in [2.45, 2.75) is 33.6 Å². The molecule has 0 unspecified atom stereocenters. The van der Waals surface area contributed by atoms with E-state index in [-0.39, 0.29) is 5.78 Å². The molecule has 0 aliphatic heterocycles. The number of ketones is 1. The Bertz CT molecular complexity index is 442. The summed E-state index contributed by atoms with van der Waals surface area (Å²) in [5.41, 5.74) is 2.26. The summed E-state index contributed by atoms with van der Waals surface area (Å²) in [6.07, 6.45) is 1.19. The smallest absolute Gasteiger partial charge is 0.168 e. The lowest BCUT2D eigenvalue weighted by atomic mass is 9.99. The number of hydrogen-bond donors (Lipinski definition) is 0. The van der Waals surface area contributed by atoms with Crippen LogP contribution in [0.2, 0.25) is 5.02 Å². The van der Waals surface area contributed by atoms with Crippen molar-refractivity contribution in [2.75, 3.05) is 12.5 Å². The van der Waals surface area contributed by atoms with Crippen LogP contribution in [0.5, 0.6) is 5.75 Å². The van der Waals surface area contributed by atoms with Crippen LogP contribution in [-0.2, 0) is 0 Å². The molecule has 0 radical (unpaired) electrons. The summed E-state index contributed by atoms with van der Waals surface area (Å²) in [5.74, 6) is 0.902. The quantitative estimate of drug-likeness (QED) is 0.567. The SMILES string of the molecule is CCCOc1cc(C)c(Cl)c(C)c1C(=O)CCCl. The molecule has 1 rings (SSSR count). The second kappa shape index (κ2) is 7.01. The van der Waals surface area contributed by atoms with Gasteiger partial charge in [-0.05, 0) is 37.5 Å². The predicted octanol–water partition coefficient (Wildman–Crippen LogP) is 4.56. The summed E-state index contributed by atoms with van der Waals surface area (Å²) in [4.78, 5) is 12.1. The van der Waals surface area contributed by atoms with E-state index in [0.717, 1.165) is 17.5 Å². The van der Waals surface area contributed by atoms with Gasteiger partial charge in [0.05, 0.1) is 12.2 Å². The predicted molar refractivity (Wildman–Crippen MR) is 76.4 cm³/mol. The lowest BCUT2D eigenvalue weighted by Gasteiger charge is -2.15. The molecule has 0 amide bonds. The van der Waals surface area contributed by atoms with Gasteiger partial charge < -0.3 is 4.74 Å². The summed E-state index contributed by atoms with van der Waals surface area (Å²) >= 11 is 11.8. The number of carbonyl (C=O) groups is 1. The fourth-order valence-electron chi connectivity index (χ4n) is 1.81. The second-order valence-corrected chi connectivity index (χ2v) is 4.97. The molecule has 0 saturated carbocycles. The number of carbonyl (C=O) groups excluding carboxylic acids is 1. The molecule has 1 aromatic rings. The van der Waals surface area contributed by atoms with Crippen LogP contribution < -0.4 is 4.74 Å². The maximum atomic E-state index is 12.1. The highest BCUT2D eigenvalue weighted by molar-refractivity contribution is 6.32. The van der Waals surface area contributed by atoms with Crippen LogP contribution in [0.3, 0.4) is 0 Å². The first kappa shape index (κ1) is 15.3. The Labute approximate surface area is 118 Å². The highest BCUT2D eigenvalue weighted by Gasteiger charge is 2.19. The average Bonchev–Trinajstić information content (AvgIpc) is 2.33. The minimum absolute atomic E-state index is 0.0181. The maximum absolute atomic E-state index is 12.1. The molecule has 100 valence electrons. The van der Waals surface area contributed by atoms with Crippen LogP contribution >= 0.6 is 23.2 Å². The number of aryl methyl sites for hydroxylation is 1. The number of alkyl halides is 1. The zero-order valence-corrected chi connectivity index (χ0v) is 12.5. The number of Topliss-reactive ketones (excluding diaryl/α,β-unsaturated/α-hetero) is 1. The van der Waals surface area contributed by atoms with Gasteiger partial charge in [-0.2, -0.15) is 0 Å². The summed E-state index contributed by atoms with van der Waals surface area (Å²) < 4.78 is 5.65. The Morgan fingerprint density at radius 3 is 2.61 bits per heavy atom. The molecule has 0 aliphatic carbocycles. The lowest BCUT2D eigenvalue weighted by Crippen LogP contribution is -2.09. The van der Waals surface area contributed by atoms with E-state index in [1.165, 1.54) is 0 Å². The van der Waals surface area contributed by atoms with E-state index in [9.17, 15) is 4.79 Å². The summed E-state index contributed by atoms with van der Waals surface area (Å²) in [5, 5.41) is 0.622. The molecule has 18 heavy (non-hydrogen) atoms. The van der Waals surface area contributed by atoms with Gasteiger partial charge in [-0.1, -0.05) is 18.5 Å². The van der Waals surface area contributed by atoms with Gasteiger partial charge in [-0.25, -0.2) is 0 Å². The van der Waals surface area contributed by atoms with Gasteiger partial charge in [0, 0.05) is 17.3 Å². The number of rotatable bonds is 6. The molecule has 1 aromatic carbocycles. The van der Waals surface area contributed by atoms with Crippen molar-refractivity contribution in [3.8, 4) is 5.75 Å². The third-order valence-corrected chi connectivity index (χ3v) is 3.48. The molecule has 0 aliphatic rings. The van der Waals surface area contributed by atoms with Gasteiger partial charge in [0.2, 0.25) is 0 Å². The largest absolute Gasteiger partial charge is 0.493 e. The Morgan fingerprint density at radius 2 is 2.06 bits per heavy atom. The molecular weight excluding hydrogens is 271 g/mol. The van der Waals surface area contributed by atoms with Crippen molar-refractivity contribution in [1.82, 2.24) is 0 Å². The van der Waals surface area contributed by atoms with E-state index >= 15 is 0 Å². The molecule has 0 fully saturated rings. The molecule has 0 atom stereocenters. The molecule has 0 heterocycles. The molecule has 4 heteroatoms. The molecule has 0 bridgehead atoms. The van der Waals surface area contributed by atoms with Gasteiger partial charge in [-0.15, -0.1) is 11.6 Å². The van der Waals surface area contributed by atoms with Crippen LogP contribution in [0.1, 0.15) is 41.3 Å². The monoisotopic (exact) mass is 288 g/mol. The minimum Gasteiger partial charge on any atom is -0.493 e. The van der Waals surface area contributed by atoms with Gasteiger partial charge in [0.25, 0.3) is 0 Å². The Hall–Kier alpha value is -0.730. The normalized spacial score (nSPS) is 10.5. The molecule has 2 nitrogen and oxygen atoms in total. The van der Waals surface area contributed by atoms with E-state index < -0.39 is 0 Å². The zero-order valence-electron chi connectivity index (χ0n) is 11.0. The second-order valence-electron chi connectivity index (χ2n) is 4.22. The molecule has 0 saturated heterocycles. The maximum Gasteiger partial charge on any atom is 0.168 e. The Balaban J connectivity index is 3.25. The van der Waals surface area contributed by atoms with Crippen LogP contribution in [0, 0.1) is 13.8 Å². The van der Waals surface area contributed by atoms with Crippen LogP contribution in [-0.4, -0.2) is 18.3 Å². The summed E-state index contributed by atoms with van der Waals surface area (Å²) in [7, 11) is 0. The Kier molecular flexibility index (Phi) is 5.97. The highest BCUT2D eigenvalue weighted by Crippen LogP contribution is 2.32. The number of benzene rings is 1. The molecule has 0 aromatic heterocycles. The van der Waals surface area contributed by atoms with E-state index in [1.54, 1.807) is 0 Å². The summed E-state index contributed by atoms with van der Waals surface area (Å²) in [6, 6.07) is 1.83. The minimum atomic E-state index is -0.0181. The first-order chi connectivity index (χ1) is 8.52. The van der Waals surface area contributed by atoms with Gasteiger partial charge in [0.1, 0.15) is 5.75 Å². The fourth-order valence-corrected chi connectivity index (χ4v) is 2.13. The third kappa shape index (κ3) is 3.39. The Morgan fingerprint density at radius 1 is 1.39 bits per heavy atom. The fraction of sp³-hybridized carbons (Fsp3) is 0.500. The van der Waals surface area contributed by atoms with Gasteiger partial charge in [-0.3, -0.25) is 4.79 Å². The number of hydrogen-bond acceptors (Lipinski definition) is 2. The van der Waals surface area contributed by atoms with Crippen molar-refractivity contribution in [3.05, 3.63) is 27.8 Å². The van der Waals surface area contributed by atoms with Crippen LogP contribution in [0.15, 0.2) is 6.07 Å². The van der Waals surface area contributed by atoms with Gasteiger partial charge >= 0.3 is 0 Å². The van der Waals surface area contributed by atoms with E-state index in [0.29, 0.717) is 35.2 Å². The first-order valence-corrected chi connectivity index (χ1v) is 6.95. The van der Waals surface area contributed by atoms with Crippen molar-refractivity contribution in [2.24, 2.45) is 0 Å². The number of halogens is 2. The van der Waals surface area contributed by atoms with Crippen molar-refractivity contribution < 1.29 is 9.53 Å². The van der Waals surface area contributed by atoms with Gasteiger partial charge in [0.15, 0.2) is 5.78 Å².